The van der Waals surface area contributed by atoms with Gasteiger partial charge >= 0.3 is 6.18 Å². The zero-order valence-corrected chi connectivity index (χ0v) is 12.9. The lowest BCUT2D eigenvalue weighted by atomic mass is 10.0. The zero-order valence-electron chi connectivity index (χ0n) is 11.3. The lowest BCUT2D eigenvalue weighted by Gasteiger charge is -2.21. The molecule has 0 radical (unpaired) electrons. The predicted molar refractivity (Wildman–Crippen MR) is 78.8 cm³/mol. The first kappa shape index (κ1) is 17.0. The number of carbonyl (C=O) groups is 1. The average Bonchev–Trinajstić information content (AvgIpc) is 2.94. The number of nitrogens with zero attached hydrogens (tertiary/aromatic N) is 2. The van der Waals surface area contributed by atoms with E-state index in [1.54, 1.807) is 11.8 Å². The summed E-state index contributed by atoms with van der Waals surface area (Å²) in [5, 5.41) is 12.0. The Morgan fingerprint density at radius 3 is 2.95 bits per heavy atom. The van der Waals surface area contributed by atoms with Gasteiger partial charge in [0.1, 0.15) is 5.54 Å². The van der Waals surface area contributed by atoms with Crippen molar-refractivity contribution in [3.05, 3.63) is 23.9 Å². The Hall–Kier alpha value is -1.40. The number of alkyl halides is 3. The van der Waals surface area contributed by atoms with E-state index < -0.39 is 23.4 Å². The Morgan fingerprint density at radius 1 is 1.59 bits per heavy atom. The van der Waals surface area contributed by atoms with E-state index in [9.17, 15) is 23.2 Å². The van der Waals surface area contributed by atoms with Crippen molar-refractivity contribution >= 4 is 29.4 Å². The van der Waals surface area contributed by atoms with Crippen molar-refractivity contribution in [3.8, 4) is 6.07 Å². The van der Waals surface area contributed by atoms with Gasteiger partial charge in [0.15, 0.2) is 0 Å². The number of thioether (sulfide) groups is 2. The summed E-state index contributed by atoms with van der Waals surface area (Å²) in [6.45, 7) is 0. The molecule has 1 atom stereocenters. The minimum Gasteiger partial charge on any atom is -0.333 e. The second-order valence-electron chi connectivity index (χ2n) is 4.74. The highest BCUT2D eigenvalue weighted by atomic mass is 32.2. The van der Waals surface area contributed by atoms with Crippen molar-refractivity contribution in [2.75, 3.05) is 17.3 Å². The minimum absolute atomic E-state index is 0.122. The first-order chi connectivity index (χ1) is 10.3. The molecule has 1 aromatic heterocycles. The number of halogens is 3. The van der Waals surface area contributed by atoms with Gasteiger partial charge in [-0.05, 0) is 24.3 Å². The fraction of sp³-hybridized carbons (Fsp3) is 0.462. The number of carbonyl (C=O) groups excluding carboxylic acids is 1. The molecule has 1 aliphatic rings. The van der Waals surface area contributed by atoms with Gasteiger partial charge in [0.05, 0.1) is 16.8 Å². The third-order valence-electron chi connectivity index (χ3n) is 2.97. The third kappa shape index (κ3) is 4.55. The van der Waals surface area contributed by atoms with Crippen LogP contribution in [-0.4, -0.2) is 39.9 Å². The second-order valence-corrected chi connectivity index (χ2v) is 6.84. The molecule has 0 spiro atoms. The zero-order chi connectivity index (χ0) is 16.2. The SMILES string of the molecule is N#C[C@@]1(NC(=O)c2ccnc(SCC(F)(F)F)c2)CCSC1. The van der Waals surface area contributed by atoms with Gasteiger partial charge < -0.3 is 5.32 Å². The topological polar surface area (TPSA) is 65.8 Å². The number of nitriles is 1. The molecule has 1 N–H and O–H groups in total. The summed E-state index contributed by atoms with van der Waals surface area (Å²) in [5.74, 6) is -0.239. The number of rotatable bonds is 4. The van der Waals surface area contributed by atoms with E-state index in [0.29, 0.717) is 23.9 Å². The number of nitrogens with one attached hydrogen (secondary N) is 1. The van der Waals surface area contributed by atoms with Crippen molar-refractivity contribution in [3.63, 3.8) is 0 Å². The summed E-state index contributed by atoms with van der Waals surface area (Å²) in [5.41, 5.74) is -0.698. The Morgan fingerprint density at radius 2 is 2.36 bits per heavy atom. The van der Waals surface area contributed by atoms with Gasteiger partial charge in [0.25, 0.3) is 5.91 Å². The van der Waals surface area contributed by atoms with Gasteiger partial charge in [0.2, 0.25) is 0 Å². The van der Waals surface area contributed by atoms with Crippen LogP contribution in [0.2, 0.25) is 0 Å². The number of amides is 1. The van der Waals surface area contributed by atoms with E-state index in [1.807, 2.05) is 0 Å². The molecule has 0 aromatic carbocycles. The summed E-state index contributed by atoms with van der Waals surface area (Å²) in [6.07, 6.45) is -2.45. The van der Waals surface area contributed by atoms with Crippen LogP contribution in [0.3, 0.4) is 0 Å². The first-order valence-electron chi connectivity index (χ1n) is 6.31. The van der Waals surface area contributed by atoms with Crippen LogP contribution in [0.1, 0.15) is 16.8 Å². The number of hydrogen-bond donors (Lipinski definition) is 1. The van der Waals surface area contributed by atoms with E-state index in [2.05, 4.69) is 16.4 Å². The monoisotopic (exact) mass is 347 g/mol. The average molecular weight is 347 g/mol. The fourth-order valence-corrected chi connectivity index (χ4v) is 3.78. The van der Waals surface area contributed by atoms with Crippen molar-refractivity contribution in [1.82, 2.24) is 10.3 Å². The molecule has 1 fully saturated rings. The molecular formula is C13H12F3N3OS2. The Balaban J connectivity index is 2.06. The maximum Gasteiger partial charge on any atom is 0.398 e. The standard InChI is InChI=1S/C13H12F3N3OS2/c14-13(15,16)8-22-10-5-9(1-3-18-10)11(20)19-12(6-17)2-4-21-7-12/h1,3,5H,2,4,7-8H2,(H,19,20)/t12-/m0/s1. The highest BCUT2D eigenvalue weighted by Gasteiger charge is 2.36. The molecule has 1 aromatic rings. The Bertz CT molecular complexity index is 595. The molecule has 4 nitrogen and oxygen atoms in total. The molecule has 0 saturated carbocycles. The smallest absolute Gasteiger partial charge is 0.333 e. The summed E-state index contributed by atoms with van der Waals surface area (Å²) in [7, 11) is 0. The highest BCUT2D eigenvalue weighted by Crippen LogP contribution is 2.28. The largest absolute Gasteiger partial charge is 0.398 e. The van der Waals surface area contributed by atoms with Crippen LogP contribution in [0.5, 0.6) is 0 Å². The third-order valence-corrected chi connectivity index (χ3v) is 5.15. The van der Waals surface area contributed by atoms with Crippen molar-refractivity contribution in [1.29, 1.82) is 5.26 Å². The van der Waals surface area contributed by atoms with E-state index in [1.165, 1.54) is 18.3 Å². The van der Waals surface area contributed by atoms with Gasteiger partial charge in [-0.3, -0.25) is 4.79 Å². The molecular weight excluding hydrogens is 335 g/mol. The van der Waals surface area contributed by atoms with Crippen molar-refractivity contribution in [2.45, 2.75) is 23.2 Å². The maximum atomic E-state index is 12.2. The second kappa shape index (κ2) is 6.79. The van der Waals surface area contributed by atoms with Crippen molar-refractivity contribution in [2.24, 2.45) is 0 Å². The molecule has 0 aliphatic carbocycles. The molecule has 2 rings (SSSR count). The molecule has 1 saturated heterocycles. The maximum absolute atomic E-state index is 12.2. The van der Waals surface area contributed by atoms with Crippen LogP contribution in [0.25, 0.3) is 0 Å². The summed E-state index contributed by atoms with van der Waals surface area (Å²) < 4.78 is 36.6. The van der Waals surface area contributed by atoms with E-state index in [0.717, 1.165) is 5.75 Å². The first-order valence-corrected chi connectivity index (χ1v) is 8.45. The van der Waals surface area contributed by atoms with Crippen LogP contribution < -0.4 is 5.32 Å². The van der Waals surface area contributed by atoms with Gasteiger partial charge in [0, 0.05) is 17.5 Å². The molecule has 1 aliphatic heterocycles. The molecule has 2 heterocycles. The molecule has 9 heteroatoms. The predicted octanol–water partition coefficient (Wildman–Crippen LogP) is 2.87. The lowest BCUT2D eigenvalue weighted by Crippen LogP contribution is -2.47. The molecule has 0 unspecified atom stereocenters. The molecule has 0 bridgehead atoms. The van der Waals surface area contributed by atoms with Gasteiger partial charge in [-0.25, -0.2) is 4.98 Å². The van der Waals surface area contributed by atoms with Crippen LogP contribution >= 0.6 is 23.5 Å². The van der Waals surface area contributed by atoms with Crippen LogP contribution in [0.15, 0.2) is 23.4 Å². The van der Waals surface area contributed by atoms with Crippen LogP contribution in [0.4, 0.5) is 13.2 Å². The number of hydrogen-bond acceptors (Lipinski definition) is 5. The highest BCUT2D eigenvalue weighted by molar-refractivity contribution is 7.99. The van der Waals surface area contributed by atoms with E-state index >= 15 is 0 Å². The van der Waals surface area contributed by atoms with Crippen molar-refractivity contribution < 1.29 is 18.0 Å². The molecule has 1 amide bonds. The lowest BCUT2D eigenvalue weighted by molar-refractivity contribution is -0.105. The normalized spacial score (nSPS) is 21.4. The summed E-state index contributed by atoms with van der Waals surface area (Å²) >= 11 is 2.10. The fourth-order valence-electron chi connectivity index (χ4n) is 1.85. The minimum atomic E-state index is -4.30. The summed E-state index contributed by atoms with van der Waals surface area (Å²) in [6, 6.07) is 4.84. The number of pyridine rings is 1. The van der Waals surface area contributed by atoms with E-state index in [4.69, 9.17) is 0 Å². The van der Waals surface area contributed by atoms with Gasteiger partial charge in [-0.1, -0.05) is 11.8 Å². The van der Waals surface area contributed by atoms with Gasteiger partial charge in [-0.15, -0.1) is 0 Å². The Labute approximate surface area is 133 Å². The molecule has 22 heavy (non-hydrogen) atoms. The number of aromatic nitrogens is 1. The Kier molecular flexibility index (Phi) is 5.24. The quantitative estimate of drug-likeness (QED) is 0.849. The summed E-state index contributed by atoms with van der Waals surface area (Å²) in [4.78, 5) is 16.0. The van der Waals surface area contributed by atoms with Crippen LogP contribution in [0, 0.1) is 11.3 Å². The van der Waals surface area contributed by atoms with Crippen LogP contribution in [-0.2, 0) is 0 Å². The molecule has 118 valence electrons. The van der Waals surface area contributed by atoms with Gasteiger partial charge in [-0.2, -0.15) is 30.2 Å². The van der Waals surface area contributed by atoms with E-state index in [-0.39, 0.29) is 10.6 Å².